The molecular weight excluding hydrogens is 355 g/mol. The molecule has 1 saturated heterocycles. The lowest BCUT2D eigenvalue weighted by Crippen LogP contribution is -2.40. The zero-order valence-electron chi connectivity index (χ0n) is 14.1. The Kier molecular flexibility index (Phi) is 3.99. The molecule has 2 aromatic carbocycles. The first kappa shape index (κ1) is 16.7. The number of carbonyl (C=O) groups is 2. The second kappa shape index (κ2) is 6.21. The summed E-state index contributed by atoms with van der Waals surface area (Å²) in [5.41, 5.74) is 1.39. The Morgan fingerprint density at radius 2 is 1.88 bits per heavy atom. The van der Waals surface area contributed by atoms with E-state index in [9.17, 15) is 14.0 Å². The average Bonchev–Trinajstić information content (AvgIpc) is 3.18. The van der Waals surface area contributed by atoms with Crippen molar-refractivity contribution < 1.29 is 14.0 Å². The molecule has 2 heterocycles. The second-order valence-electron chi connectivity index (χ2n) is 6.09. The van der Waals surface area contributed by atoms with E-state index in [4.69, 9.17) is 0 Å². The molecule has 6 nitrogen and oxygen atoms in total. The third-order valence-electron chi connectivity index (χ3n) is 4.51. The fourth-order valence-corrected chi connectivity index (χ4v) is 3.55. The first-order valence-electron chi connectivity index (χ1n) is 7.99. The molecule has 0 aliphatic carbocycles. The molecule has 1 fully saturated rings. The molecule has 0 spiro atoms. The van der Waals surface area contributed by atoms with Gasteiger partial charge in [0.15, 0.2) is 12.1 Å². The molecule has 2 atom stereocenters. The number of rotatable bonds is 3. The van der Waals surface area contributed by atoms with Crippen molar-refractivity contribution in [3.05, 3.63) is 53.8 Å². The van der Waals surface area contributed by atoms with Gasteiger partial charge >= 0.3 is 0 Å². The maximum absolute atomic E-state index is 13.9. The molecule has 2 aromatic rings. The predicted octanol–water partition coefficient (Wildman–Crippen LogP) is 3.35. The molecule has 8 heteroatoms. The molecule has 0 radical (unpaired) electrons. The highest BCUT2D eigenvalue weighted by Crippen LogP contribution is 2.36. The van der Waals surface area contributed by atoms with Crippen molar-refractivity contribution in [2.45, 2.75) is 23.9 Å². The highest BCUT2D eigenvalue weighted by molar-refractivity contribution is 7.98. The topological polar surface area (TPSA) is 65.3 Å². The maximum atomic E-state index is 13.9. The summed E-state index contributed by atoms with van der Waals surface area (Å²) in [4.78, 5) is 27.8. The summed E-state index contributed by atoms with van der Waals surface area (Å²) < 4.78 is 13.9. The van der Waals surface area contributed by atoms with Gasteiger partial charge in [0.1, 0.15) is 5.82 Å². The summed E-state index contributed by atoms with van der Waals surface area (Å²) in [6, 6.07) is 9.96. The first-order chi connectivity index (χ1) is 12.5. The van der Waals surface area contributed by atoms with Crippen LogP contribution in [0.1, 0.15) is 5.56 Å². The highest BCUT2D eigenvalue weighted by Gasteiger charge is 2.55. The number of fused-ring (bicyclic) bond motifs is 1. The van der Waals surface area contributed by atoms with Crippen LogP contribution >= 0.6 is 11.8 Å². The number of benzene rings is 2. The molecule has 26 heavy (non-hydrogen) atoms. The van der Waals surface area contributed by atoms with Crippen LogP contribution in [0.2, 0.25) is 0 Å². The Balaban J connectivity index is 1.70. The molecule has 4 rings (SSSR count). The summed E-state index contributed by atoms with van der Waals surface area (Å²) in [6.07, 6.45) is 1.92. The largest absolute Gasteiger partial charge is 0.271 e. The summed E-state index contributed by atoms with van der Waals surface area (Å²) in [6.45, 7) is 1.65. The Morgan fingerprint density at radius 3 is 2.62 bits per heavy atom. The van der Waals surface area contributed by atoms with Crippen molar-refractivity contribution >= 4 is 35.0 Å². The zero-order valence-corrected chi connectivity index (χ0v) is 14.9. The molecule has 132 valence electrons. The average molecular weight is 370 g/mol. The number of nitrogens with zero attached hydrogens (tertiary/aromatic N) is 4. The van der Waals surface area contributed by atoms with Crippen LogP contribution in [-0.4, -0.2) is 30.2 Å². The van der Waals surface area contributed by atoms with Crippen LogP contribution in [0.15, 0.2) is 57.7 Å². The van der Waals surface area contributed by atoms with Gasteiger partial charge in [0.2, 0.25) is 0 Å². The number of halogens is 1. The second-order valence-corrected chi connectivity index (χ2v) is 6.97. The minimum atomic E-state index is -0.912. The van der Waals surface area contributed by atoms with E-state index < -0.39 is 29.7 Å². The smallest absolute Gasteiger partial charge is 0.263 e. The number of anilines is 2. The van der Waals surface area contributed by atoms with Gasteiger partial charge in [-0.15, -0.1) is 11.8 Å². The van der Waals surface area contributed by atoms with Crippen molar-refractivity contribution in [3.63, 3.8) is 0 Å². The summed E-state index contributed by atoms with van der Waals surface area (Å²) in [7, 11) is 0. The van der Waals surface area contributed by atoms with Crippen LogP contribution in [-0.2, 0) is 9.59 Å². The first-order valence-corrected chi connectivity index (χ1v) is 9.22. The van der Waals surface area contributed by atoms with Gasteiger partial charge in [-0.25, -0.2) is 14.3 Å². The molecule has 2 aliphatic rings. The molecule has 0 aromatic heterocycles. The molecule has 0 N–H and O–H groups in total. The number of amides is 2. The third kappa shape index (κ3) is 2.48. The van der Waals surface area contributed by atoms with Gasteiger partial charge in [0.25, 0.3) is 11.8 Å². The summed E-state index contributed by atoms with van der Waals surface area (Å²) >= 11 is 1.52. The maximum Gasteiger partial charge on any atom is 0.263 e. The van der Waals surface area contributed by atoms with E-state index in [2.05, 4.69) is 10.3 Å². The van der Waals surface area contributed by atoms with Crippen LogP contribution in [0.5, 0.6) is 0 Å². The van der Waals surface area contributed by atoms with Crippen molar-refractivity contribution in [3.8, 4) is 0 Å². The van der Waals surface area contributed by atoms with Gasteiger partial charge in [-0.1, -0.05) is 17.4 Å². The fraction of sp³-hybridized carbons (Fsp3) is 0.222. The van der Waals surface area contributed by atoms with E-state index in [1.165, 1.54) is 22.8 Å². The van der Waals surface area contributed by atoms with Crippen LogP contribution in [0, 0.1) is 12.7 Å². The van der Waals surface area contributed by atoms with E-state index in [-0.39, 0.29) is 0 Å². The van der Waals surface area contributed by atoms with Crippen molar-refractivity contribution in [2.75, 3.05) is 16.2 Å². The number of thioether (sulfide) groups is 1. The predicted molar refractivity (Wildman–Crippen MR) is 96.8 cm³/mol. The van der Waals surface area contributed by atoms with Crippen LogP contribution in [0.25, 0.3) is 0 Å². The molecule has 2 amide bonds. The van der Waals surface area contributed by atoms with Gasteiger partial charge in [-0.05, 0) is 49.1 Å². The van der Waals surface area contributed by atoms with Crippen LogP contribution in [0.3, 0.4) is 0 Å². The van der Waals surface area contributed by atoms with Gasteiger partial charge in [-0.2, -0.15) is 5.11 Å². The number of hydrogen-bond donors (Lipinski definition) is 0. The standard InChI is InChI=1S/C18H15FN4O2S/c1-10-6-7-12(9-14(10)19)23-16-15(20-21-23)17(24)22(18(16)25)11-4-3-5-13(8-11)26-2/h3-9,15-16H,1-2H3/t15-,16-/m1/s1. The zero-order chi connectivity index (χ0) is 18.4. The number of hydrogen-bond acceptors (Lipinski definition) is 6. The van der Waals surface area contributed by atoms with E-state index in [0.717, 1.165) is 9.80 Å². The number of carbonyl (C=O) groups excluding carboxylic acids is 2. The number of aryl methyl sites for hydroxylation is 1. The SMILES string of the molecule is CSc1cccc(N2C(=O)[C@@H]3N=NN(c4ccc(C)c(F)c4)[C@H]3C2=O)c1. The number of imide groups is 1. The van der Waals surface area contributed by atoms with Gasteiger partial charge in [0.05, 0.1) is 11.4 Å². The molecule has 0 bridgehead atoms. The molecule has 0 saturated carbocycles. The minimum Gasteiger partial charge on any atom is -0.271 e. The van der Waals surface area contributed by atoms with Crippen molar-refractivity contribution in [1.29, 1.82) is 0 Å². The summed E-state index contributed by atoms with van der Waals surface area (Å²) in [5, 5.41) is 9.24. The van der Waals surface area contributed by atoms with Crippen LogP contribution in [0.4, 0.5) is 15.8 Å². The monoisotopic (exact) mass is 370 g/mol. The lowest BCUT2D eigenvalue weighted by Gasteiger charge is -2.21. The normalized spacial score (nSPS) is 21.7. The Morgan fingerprint density at radius 1 is 1.08 bits per heavy atom. The van der Waals surface area contributed by atoms with Gasteiger partial charge < -0.3 is 0 Å². The molecular formula is C18H15FN4O2S. The van der Waals surface area contributed by atoms with Gasteiger partial charge in [-0.3, -0.25) is 9.59 Å². The lowest BCUT2D eigenvalue weighted by atomic mass is 10.1. The van der Waals surface area contributed by atoms with E-state index in [0.29, 0.717) is 16.9 Å². The van der Waals surface area contributed by atoms with E-state index in [1.54, 1.807) is 37.3 Å². The van der Waals surface area contributed by atoms with Crippen LogP contribution < -0.4 is 9.91 Å². The quantitative estimate of drug-likeness (QED) is 0.614. The van der Waals surface area contributed by atoms with E-state index >= 15 is 0 Å². The Bertz CT molecular complexity index is 949. The Labute approximate surface area is 153 Å². The third-order valence-corrected chi connectivity index (χ3v) is 5.24. The molecule has 2 aliphatic heterocycles. The Hall–Kier alpha value is -2.74. The van der Waals surface area contributed by atoms with Crippen molar-refractivity contribution in [2.24, 2.45) is 10.3 Å². The van der Waals surface area contributed by atoms with E-state index in [1.807, 2.05) is 12.3 Å². The molecule has 0 unspecified atom stereocenters. The highest BCUT2D eigenvalue weighted by atomic mass is 32.2. The van der Waals surface area contributed by atoms with Gasteiger partial charge in [0, 0.05) is 4.90 Å². The summed E-state index contributed by atoms with van der Waals surface area (Å²) in [5.74, 6) is -1.23. The lowest BCUT2D eigenvalue weighted by molar-refractivity contribution is -0.121. The fourth-order valence-electron chi connectivity index (χ4n) is 3.10. The minimum absolute atomic E-state index is 0.394. The van der Waals surface area contributed by atoms with Crippen molar-refractivity contribution in [1.82, 2.24) is 0 Å².